The van der Waals surface area contributed by atoms with Gasteiger partial charge in [0.1, 0.15) is 6.10 Å². The summed E-state index contributed by atoms with van der Waals surface area (Å²) < 4.78 is 33.1. The third-order valence-corrected chi connectivity index (χ3v) is 8.08. The number of hydrogen-bond donors (Lipinski definition) is 2. The van der Waals surface area contributed by atoms with E-state index in [1.165, 1.54) is 0 Å². The summed E-state index contributed by atoms with van der Waals surface area (Å²) in [6.07, 6.45) is 57.9. The molecule has 0 amide bonds. The summed E-state index contributed by atoms with van der Waals surface area (Å²) in [6, 6.07) is 0. The number of esters is 1. The van der Waals surface area contributed by atoms with Crippen molar-refractivity contribution in [2.75, 3.05) is 33.0 Å². The van der Waals surface area contributed by atoms with Crippen molar-refractivity contribution >= 4 is 13.8 Å². The van der Waals surface area contributed by atoms with Gasteiger partial charge in [0.2, 0.25) is 0 Å². The maximum atomic E-state index is 12.5. The van der Waals surface area contributed by atoms with Crippen LogP contribution >= 0.6 is 7.82 Å². The van der Waals surface area contributed by atoms with Crippen LogP contribution in [0.2, 0.25) is 0 Å². The van der Waals surface area contributed by atoms with Crippen LogP contribution in [-0.2, 0) is 27.9 Å². The van der Waals surface area contributed by atoms with Crippen molar-refractivity contribution < 1.29 is 32.8 Å². The lowest BCUT2D eigenvalue weighted by atomic mass is 10.2. The van der Waals surface area contributed by atoms with E-state index in [4.69, 9.17) is 24.3 Å². The van der Waals surface area contributed by atoms with Crippen LogP contribution in [0.25, 0.3) is 0 Å². The lowest BCUT2D eigenvalue weighted by Crippen LogP contribution is -2.28. The largest absolute Gasteiger partial charge is 0.472 e. The first-order valence-corrected chi connectivity index (χ1v) is 21.2. The SMILES string of the molecule is CC/C=C\C/C=C\C/C=C\C/C=C\C/C=C\C/C=C\CCC(=O)OC(COCC/C=C\C/C=C\C/C=C\C/C=C\C/C=C\CC)COP(=O)(O)OCCN. The number of hydrogen-bond acceptors (Lipinski definition) is 7. The first kappa shape index (κ1) is 50.6. The fourth-order valence-corrected chi connectivity index (χ4v) is 5.08. The third kappa shape index (κ3) is 39.8. The average molecular weight is 768 g/mol. The Bertz CT molecular complexity index is 1270. The maximum absolute atomic E-state index is 12.5. The van der Waals surface area contributed by atoms with Gasteiger partial charge < -0.3 is 20.1 Å². The minimum atomic E-state index is -4.32. The van der Waals surface area contributed by atoms with E-state index in [-0.39, 0.29) is 32.8 Å². The molecule has 0 aromatic rings. The van der Waals surface area contributed by atoms with Crippen LogP contribution in [0, 0.1) is 0 Å². The predicted octanol–water partition coefficient (Wildman–Crippen LogP) is 11.6. The third-order valence-electron chi connectivity index (χ3n) is 7.10. The lowest BCUT2D eigenvalue weighted by Gasteiger charge is -2.19. The summed E-state index contributed by atoms with van der Waals surface area (Å²) in [5.41, 5.74) is 5.35. The molecule has 0 aliphatic heterocycles. The number of ether oxygens (including phenoxy) is 2. The Morgan fingerprint density at radius 3 is 1.30 bits per heavy atom. The summed E-state index contributed by atoms with van der Waals surface area (Å²) >= 11 is 0. The Morgan fingerprint density at radius 2 is 0.907 bits per heavy atom. The summed E-state index contributed by atoms with van der Waals surface area (Å²) in [6.45, 7) is 4.30. The molecule has 0 saturated carbocycles. The normalized spacial score (nSPS) is 15.0. The second kappa shape index (κ2) is 40.8. The molecule has 8 nitrogen and oxygen atoms in total. The molecule has 0 fully saturated rings. The first-order valence-electron chi connectivity index (χ1n) is 19.7. The van der Waals surface area contributed by atoms with Gasteiger partial charge >= 0.3 is 13.8 Å². The van der Waals surface area contributed by atoms with Crippen LogP contribution in [0.3, 0.4) is 0 Å². The molecule has 2 unspecified atom stereocenters. The minimum absolute atomic E-state index is 0.0211. The highest BCUT2D eigenvalue weighted by Crippen LogP contribution is 2.43. The molecule has 3 N–H and O–H groups in total. The number of phosphoric acid groups is 1. The van der Waals surface area contributed by atoms with Gasteiger partial charge in [0.15, 0.2) is 0 Å². The highest BCUT2D eigenvalue weighted by molar-refractivity contribution is 7.47. The second-order valence-corrected chi connectivity index (χ2v) is 13.5. The molecule has 0 aromatic heterocycles. The van der Waals surface area contributed by atoms with Crippen molar-refractivity contribution in [3.05, 3.63) is 134 Å². The van der Waals surface area contributed by atoms with Crippen LogP contribution in [0.5, 0.6) is 0 Å². The van der Waals surface area contributed by atoms with Crippen molar-refractivity contribution in [3.63, 3.8) is 0 Å². The number of nitrogens with two attached hydrogens (primary N) is 1. The van der Waals surface area contributed by atoms with Crippen molar-refractivity contribution in [2.24, 2.45) is 5.73 Å². The summed E-state index contributed by atoms with van der Waals surface area (Å²) in [5, 5.41) is 0. The Hall–Kier alpha value is -3.36. The average Bonchev–Trinajstić information content (AvgIpc) is 3.16. The number of phosphoric ester groups is 1. The molecule has 0 aliphatic rings. The van der Waals surface area contributed by atoms with Gasteiger partial charge in [-0.05, 0) is 83.5 Å². The Balaban J connectivity index is 4.38. The molecule has 9 heteroatoms. The smallest absolute Gasteiger partial charge is 0.457 e. The van der Waals surface area contributed by atoms with E-state index in [0.29, 0.717) is 19.4 Å². The quantitative estimate of drug-likeness (QED) is 0.0283. The number of rotatable bonds is 35. The molecule has 0 aromatic carbocycles. The minimum Gasteiger partial charge on any atom is -0.457 e. The van der Waals surface area contributed by atoms with Gasteiger partial charge in [-0.15, -0.1) is 0 Å². The molecule has 302 valence electrons. The summed E-state index contributed by atoms with van der Waals surface area (Å²) in [4.78, 5) is 22.4. The molecule has 0 spiro atoms. The van der Waals surface area contributed by atoms with Crippen LogP contribution in [-0.4, -0.2) is 49.9 Å². The van der Waals surface area contributed by atoms with Gasteiger partial charge in [-0.3, -0.25) is 13.8 Å². The zero-order chi connectivity index (χ0) is 39.5. The van der Waals surface area contributed by atoms with Gasteiger partial charge in [-0.2, -0.15) is 0 Å². The van der Waals surface area contributed by atoms with E-state index in [2.05, 4.69) is 129 Å². The molecule has 0 aliphatic carbocycles. The predicted molar refractivity (Wildman–Crippen MR) is 228 cm³/mol. The van der Waals surface area contributed by atoms with Crippen LogP contribution < -0.4 is 5.73 Å². The van der Waals surface area contributed by atoms with Gasteiger partial charge in [0.25, 0.3) is 0 Å². The van der Waals surface area contributed by atoms with E-state index in [1.54, 1.807) is 0 Å². The highest BCUT2D eigenvalue weighted by Gasteiger charge is 2.25. The number of carbonyl (C=O) groups excluding carboxylic acids is 1. The molecule has 0 heterocycles. The molecule has 0 saturated heterocycles. The molecule has 0 radical (unpaired) electrons. The second-order valence-electron chi connectivity index (χ2n) is 12.0. The van der Waals surface area contributed by atoms with E-state index >= 15 is 0 Å². The topological polar surface area (TPSA) is 117 Å². The highest BCUT2D eigenvalue weighted by atomic mass is 31.2. The van der Waals surface area contributed by atoms with Gasteiger partial charge in [-0.25, -0.2) is 4.57 Å². The van der Waals surface area contributed by atoms with Crippen LogP contribution in [0.15, 0.2) is 134 Å². The van der Waals surface area contributed by atoms with Crippen molar-refractivity contribution in [1.29, 1.82) is 0 Å². The van der Waals surface area contributed by atoms with Crippen molar-refractivity contribution in [1.82, 2.24) is 0 Å². The molecular weight excluding hydrogens is 697 g/mol. The maximum Gasteiger partial charge on any atom is 0.472 e. The first-order chi connectivity index (χ1) is 26.4. The van der Waals surface area contributed by atoms with Gasteiger partial charge in [0, 0.05) is 13.0 Å². The molecule has 54 heavy (non-hydrogen) atoms. The zero-order valence-corrected chi connectivity index (χ0v) is 34.0. The fourth-order valence-electron chi connectivity index (χ4n) is 4.32. The van der Waals surface area contributed by atoms with E-state index in [0.717, 1.165) is 70.6 Å². The number of carbonyl (C=O) groups is 1. The summed E-state index contributed by atoms with van der Waals surface area (Å²) in [7, 11) is -4.32. The fraction of sp³-hybridized carbons (Fsp3) is 0.489. The van der Waals surface area contributed by atoms with Gasteiger partial charge in [-0.1, -0.05) is 148 Å². The Morgan fingerprint density at radius 1 is 0.537 bits per heavy atom. The molecule has 2 atom stereocenters. The van der Waals surface area contributed by atoms with Crippen LogP contribution in [0.1, 0.15) is 104 Å². The standard InChI is InChI=1S/C45H70NO7P/c1-3-5-7-9-11-13-15-17-19-21-22-23-24-26-28-30-32-34-36-38-45(47)53-44(43-52-54(48,49)51-41-39-46)42-50-40-37-35-33-31-29-27-25-20-18-16-14-12-10-8-6-4-2/h5-8,11-14,17-20,22-23,26-29,32-35,44H,3-4,9-10,15-16,21,24-25,30-31,36-43,46H2,1-2H3,(H,48,49)/b7-5-,8-6-,13-11-,14-12-,19-17-,20-18-,23-22-,28-26-,29-27-,34-32-,35-33-. The Labute approximate surface area is 328 Å². The monoisotopic (exact) mass is 767 g/mol. The van der Waals surface area contributed by atoms with Crippen molar-refractivity contribution in [3.8, 4) is 0 Å². The van der Waals surface area contributed by atoms with Crippen molar-refractivity contribution in [2.45, 2.75) is 110 Å². The van der Waals surface area contributed by atoms with E-state index < -0.39 is 19.9 Å². The zero-order valence-electron chi connectivity index (χ0n) is 33.1. The molecule has 0 rings (SSSR count). The van der Waals surface area contributed by atoms with E-state index in [9.17, 15) is 14.3 Å². The molecule has 0 bridgehead atoms. The summed E-state index contributed by atoms with van der Waals surface area (Å²) in [5.74, 6) is -0.444. The molecular formula is C45H70NO7P. The van der Waals surface area contributed by atoms with Gasteiger partial charge in [0.05, 0.1) is 26.4 Å². The lowest BCUT2D eigenvalue weighted by molar-refractivity contribution is -0.154. The number of allylic oxidation sites excluding steroid dienone is 21. The Kier molecular flexibility index (Phi) is 38.3. The van der Waals surface area contributed by atoms with Crippen LogP contribution in [0.4, 0.5) is 0 Å². The van der Waals surface area contributed by atoms with E-state index in [1.807, 2.05) is 18.2 Å².